The molecule has 0 unspecified atom stereocenters. The first-order chi connectivity index (χ1) is 17.6. The molecule has 0 atom stereocenters. The summed E-state index contributed by atoms with van der Waals surface area (Å²) < 4.78 is 7.02. The van der Waals surface area contributed by atoms with Crippen LogP contribution in [0, 0.1) is 0 Å². The van der Waals surface area contributed by atoms with E-state index in [1.807, 2.05) is 39.8 Å². The third-order valence-corrected chi connectivity index (χ3v) is 8.70. The Kier molecular flexibility index (Phi) is 7.45. The van der Waals surface area contributed by atoms with Gasteiger partial charge in [0, 0.05) is 16.7 Å². The number of aromatic carboxylic acids is 1. The van der Waals surface area contributed by atoms with E-state index >= 15 is 0 Å². The van der Waals surface area contributed by atoms with E-state index in [1.54, 1.807) is 12.1 Å². The number of rotatable bonds is 7. The number of ether oxygens (including phenoxy) is 1. The van der Waals surface area contributed by atoms with E-state index in [4.69, 9.17) is 4.74 Å². The zero-order valence-electron chi connectivity index (χ0n) is 21.0. The first-order valence-electron chi connectivity index (χ1n) is 12.3. The number of phenolic OH excluding ortho intramolecular Hbond substituents is 2. The van der Waals surface area contributed by atoms with Gasteiger partial charge in [0.2, 0.25) is 0 Å². The molecule has 3 N–H and O–H groups in total. The molecule has 0 aromatic heterocycles. The van der Waals surface area contributed by atoms with Crippen LogP contribution in [0.2, 0.25) is 0 Å². The molecular formula is C29H28Br2O6. The second-order valence-electron chi connectivity index (χ2n) is 8.98. The summed E-state index contributed by atoms with van der Waals surface area (Å²) >= 11 is 7.22. The molecule has 0 bridgehead atoms. The van der Waals surface area contributed by atoms with Crippen molar-refractivity contribution in [2.45, 2.75) is 59.0 Å². The highest BCUT2D eigenvalue weighted by Gasteiger charge is 2.54. The van der Waals surface area contributed by atoms with Gasteiger partial charge in [0.25, 0.3) is 0 Å². The Morgan fingerprint density at radius 2 is 1.30 bits per heavy atom. The van der Waals surface area contributed by atoms with E-state index in [2.05, 4.69) is 31.9 Å². The van der Waals surface area contributed by atoms with E-state index in [0.29, 0.717) is 51.3 Å². The van der Waals surface area contributed by atoms with Crippen molar-refractivity contribution in [1.29, 1.82) is 0 Å². The number of esters is 1. The van der Waals surface area contributed by atoms with Gasteiger partial charge in [-0.3, -0.25) is 0 Å². The molecule has 6 nitrogen and oxygen atoms in total. The molecular weight excluding hydrogens is 604 g/mol. The number of carboxylic acid groups (broad SMARTS) is 1. The summed E-state index contributed by atoms with van der Waals surface area (Å²) in [4.78, 5) is 25.7. The summed E-state index contributed by atoms with van der Waals surface area (Å²) in [5, 5.41) is 32.2. The van der Waals surface area contributed by atoms with Crippen LogP contribution in [0.3, 0.4) is 0 Å². The monoisotopic (exact) mass is 630 g/mol. The molecule has 0 aliphatic carbocycles. The Bertz CT molecular complexity index is 1380. The first-order valence-corrected chi connectivity index (χ1v) is 13.8. The molecule has 0 spiro atoms. The van der Waals surface area contributed by atoms with Gasteiger partial charge in [-0.25, -0.2) is 9.59 Å². The van der Waals surface area contributed by atoms with Gasteiger partial charge in [-0.1, -0.05) is 52.0 Å². The fourth-order valence-corrected chi connectivity index (χ4v) is 6.92. The molecule has 8 heteroatoms. The van der Waals surface area contributed by atoms with Crippen molar-refractivity contribution >= 4 is 43.8 Å². The molecule has 0 radical (unpaired) electrons. The van der Waals surface area contributed by atoms with Crippen molar-refractivity contribution in [3.05, 3.63) is 89.3 Å². The summed E-state index contributed by atoms with van der Waals surface area (Å²) in [7, 11) is 0. The summed E-state index contributed by atoms with van der Waals surface area (Å²) in [5.74, 6) is -1.98. The van der Waals surface area contributed by atoms with Crippen LogP contribution in [0.4, 0.5) is 0 Å². The fraction of sp³-hybridized carbons (Fsp3) is 0.310. The maximum absolute atomic E-state index is 13.5. The molecule has 3 aromatic rings. The average Bonchev–Trinajstić information content (AvgIpc) is 3.19. The third-order valence-electron chi connectivity index (χ3n) is 7.15. The molecule has 0 saturated heterocycles. The standard InChI is InChI=1S/C29H28Br2O6/c1-5-14-12-16(7-3)25(32)23(30)21(14)29(22-15(6-2)13-17(8-4)26(33)24(22)31)19-11-9-10-18(27(34)35)20(19)28(36)37-29/h9-13,32-33H,5-8H2,1-4H3,(H,34,35). The Morgan fingerprint density at radius 3 is 1.70 bits per heavy atom. The third kappa shape index (κ3) is 3.96. The van der Waals surface area contributed by atoms with E-state index in [1.165, 1.54) is 6.07 Å². The Labute approximate surface area is 232 Å². The highest BCUT2D eigenvalue weighted by Crippen LogP contribution is 2.56. The number of hydrogen-bond acceptors (Lipinski definition) is 5. The minimum Gasteiger partial charge on any atom is -0.506 e. The molecule has 1 aliphatic heterocycles. The molecule has 0 saturated carbocycles. The normalized spacial score (nSPS) is 13.9. The molecule has 0 amide bonds. The predicted molar refractivity (Wildman–Crippen MR) is 148 cm³/mol. The van der Waals surface area contributed by atoms with Gasteiger partial charge in [-0.2, -0.15) is 0 Å². The van der Waals surface area contributed by atoms with Crippen LogP contribution in [0.5, 0.6) is 11.5 Å². The smallest absolute Gasteiger partial charge is 0.341 e. The molecule has 194 valence electrons. The van der Waals surface area contributed by atoms with Crippen LogP contribution in [-0.4, -0.2) is 27.3 Å². The topological polar surface area (TPSA) is 104 Å². The second kappa shape index (κ2) is 10.1. The van der Waals surface area contributed by atoms with E-state index in [-0.39, 0.29) is 22.6 Å². The molecule has 3 aromatic carbocycles. The summed E-state index contributed by atoms with van der Waals surface area (Å²) in [6.07, 6.45) is 2.26. The second-order valence-corrected chi connectivity index (χ2v) is 10.6. The van der Waals surface area contributed by atoms with Crippen LogP contribution in [0.15, 0.2) is 39.3 Å². The minimum atomic E-state index is -1.64. The number of carboxylic acids is 1. The maximum atomic E-state index is 13.5. The van der Waals surface area contributed by atoms with Crippen LogP contribution < -0.4 is 0 Å². The lowest BCUT2D eigenvalue weighted by Crippen LogP contribution is -2.33. The van der Waals surface area contributed by atoms with Gasteiger partial charge in [-0.05, 0) is 85.9 Å². The SMILES string of the molecule is CCc1cc(CC)c(C2(c3c(CC)cc(CC)c(O)c3Br)OC(=O)c3c(C(=O)O)cccc32)c(Br)c1O. The lowest BCUT2D eigenvalue weighted by molar-refractivity contribution is 0.0238. The van der Waals surface area contributed by atoms with Crippen LogP contribution in [0.1, 0.15) is 87.4 Å². The van der Waals surface area contributed by atoms with Crippen molar-refractivity contribution < 1.29 is 29.6 Å². The number of halogens is 2. The van der Waals surface area contributed by atoms with Crippen molar-refractivity contribution in [2.24, 2.45) is 0 Å². The van der Waals surface area contributed by atoms with Gasteiger partial charge in [-0.15, -0.1) is 0 Å². The van der Waals surface area contributed by atoms with Crippen LogP contribution in [0.25, 0.3) is 0 Å². The number of benzene rings is 3. The lowest BCUT2D eigenvalue weighted by Gasteiger charge is -2.36. The van der Waals surface area contributed by atoms with Crippen LogP contribution in [-0.2, 0) is 36.0 Å². The van der Waals surface area contributed by atoms with Crippen LogP contribution >= 0.6 is 31.9 Å². The molecule has 1 heterocycles. The number of cyclic esters (lactones) is 1. The van der Waals surface area contributed by atoms with Crippen molar-refractivity contribution in [2.75, 3.05) is 0 Å². The zero-order chi connectivity index (χ0) is 27.2. The van der Waals surface area contributed by atoms with Crippen molar-refractivity contribution in [1.82, 2.24) is 0 Å². The van der Waals surface area contributed by atoms with Gasteiger partial charge in [0.15, 0.2) is 5.60 Å². The molecule has 37 heavy (non-hydrogen) atoms. The largest absolute Gasteiger partial charge is 0.506 e. The quantitative estimate of drug-likeness (QED) is 0.242. The average molecular weight is 632 g/mol. The van der Waals surface area contributed by atoms with Gasteiger partial charge in [0.1, 0.15) is 11.5 Å². The Balaban J connectivity index is 2.30. The van der Waals surface area contributed by atoms with Crippen molar-refractivity contribution in [3.63, 3.8) is 0 Å². The molecule has 4 rings (SSSR count). The number of hydrogen-bond donors (Lipinski definition) is 3. The summed E-state index contributed by atoms with van der Waals surface area (Å²) in [6.45, 7) is 7.81. The first kappa shape index (κ1) is 27.2. The van der Waals surface area contributed by atoms with E-state index < -0.39 is 17.5 Å². The van der Waals surface area contributed by atoms with Crippen molar-refractivity contribution in [3.8, 4) is 11.5 Å². The van der Waals surface area contributed by atoms with Gasteiger partial charge in [0.05, 0.1) is 20.1 Å². The Hall–Kier alpha value is -2.84. The Morgan fingerprint density at radius 1 is 0.838 bits per heavy atom. The number of aromatic hydroxyl groups is 2. The number of carbonyl (C=O) groups excluding carboxylic acids is 1. The maximum Gasteiger partial charge on any atom is 0.341 e. The summed E-state index contributed by atoms with van der Waals surface area (Å²) in [5.41, 5.74) is 2.57. The minimum absolute atomic E-state index is 0.0246. The number of phenols is 2. The number of carbonyl (C=O) groups is 2. The van der Waals surface area contributed by atoms with Gasteiger partial charge >= 0.3 is 11.9 Å². The summed E-state index contributed by atoms with van der Waals surface area (Å²) in [6, 6.07) is 8.42. The zero-order valence-corrected chi connectivity index (χ0v) is 24.2. The molecule has 0 fully saturated rings. The lowest BCUT2D eigenvalue weighted by atomic mass is 9.74. The van der Waals surface area contributed by atoms with Gasteiger partial charge < -0.3 is 20.1 Å². The number of aryl methyl sites for hydroxylation is 4. The van der Waals surface area contributed by atoms with E-state index in [9.17, 15) is 24.9 Å². The number of fused-ring (bicyclic) bond motifs is 1. The molecule has 1 aliphatic rings. The predicted octanol–water partition coefficient (Wildman–Crippen LogP) is 7.03. The highest BCUT2D eigenvalue weighted by molar-refractivity contribution is 9.11. The van der Waals surface area contributed by atoms with E-state index in [0.717, 1.165) is 22.3 Å². The fourth-order valence-electron chi connectivity index (χ4n) is 5.35. The highest BCUT2D eigenvalue weighted by atomic mass is 79.9.